The molecule has 0 unspecified atom stereocenters. The SMILES string of the molecule is CN=C(NCCNC(=O)OC(C)(C)C)NCCc1cccc(C(=O)N(C)C)c1.I. The van der Waals surface area contributed by atoms with Crippen molar-refractivity contribution >= 4 is 41.9 Å². The molecule has 8 nitrogen and oxygen atoms in total. The maximum absolute atomic E-state index is 12.0. The molecule has 0 aromatic heterocycles. The van der Waals surface area contributed by atoms with E-state index in [-0.39, 0.29) is 29.9 Å². The van der Waals surface area contributed by atoms with Gasteiger partial charge in [0, 0.05) is 46.3 Å². The third kappa shape index (κ3) is 11.5. The first-order valence-corrected chi connectivity index (χ1v) is 9.34. The molecule has 0 aliphatic carbocycles. The third-order valence-electron chi connectivity index (χ3n) is 3.60. The first kappa shape index (κ1) is 27.0. The molecule has 0 aliphatic heterocycles. The highest BCUT2D eigenvalue weighted by molar-refractivity contribution is 14.0. The lowest BCUT2D eigenvalue weighted by atomic mass is 10.1. The lowest BCUT2D eigenvalue weighted by molar-refractivity contribution is 0.0528. The molecule has 0 atom stereocenters. The molecule has 1 rings (SSSR count). The van der Waals surface area contributed by atoms with Crippen LogP contribution in [-0.4, -0.2) is 69.2 Å². The highest BCUT2D eigenvalue weighted by atomic mass is 127. The van der Waals surface area contributed by atoms with Crippen LogP contribution >= 0.6 is 24.0 Å². The van der Waals surface area contributed by atoms with Crippen molar-refractivity contribution in [1.29, 1.82) is 0 Å². The summed E-state index contributed by atoms with van der Waals surface area (Å²) in [6.45, 7) is 7.07. The second-order valence-corrected chi connectivity index (χ2v) is 7.50. The predicted molar refractivity (Wildman–Crippen MR) is 127 cm³/mol. The van der Waals surface area contributed by atoms with Crippen LogP contribution in [0.3, 0.4) is 0 Å². The number of benzene rings is 1. The Bertz CT molecular complexity index is 687. The summed E-state index contributed by atoms with van der Waals surface area (Å²) < 4.78 is 5.18. The minimum Gasteiger partial charge on any atom is -0.444 e. The van der Waals surface area contributed by atoms with E-state index in [4.69, 9.17) is 4.74 Å². The number of hydrogen-bond donors (Lipinski definition) is 3. The van der Waals surface area contributed by atoms with Crippen molar-refractivity contribution in [3.63, 3.8) is 0 Å². The van der Waals surface area contributed by atoms with Crippen molar-refractivity contribution < 1.29 is 14.3 Å². The van der Waals surface area contributed by atoms with E-state index in [1.54, 1.807) is 26.0 Å². The van der Waals surface area contributed by atoms with E-state index in [1.807, 2.05) is 45.0 Å². The number of rotatable bonds is 7. The fourth-order valence-corrected chi connectivity index (χ4v) is 2.32. The van der Waals surface area contributed by atoms with Gasteiger partial charge in [0.15, 0.2) is 5.96 Å². The maximum Gasteiger partial charge on any atom is 0.407 e. The summed E-state index contributed by atoms with van der Waals surface area (Å²) in [6.07, 6.45) is 0.315. The van der Waals surface area contributed by atoms with E-state index in [9.17, 15) is 9.59 Å². The summed E-state index contributed by atoms with van der Waals surface area (Å²) in [6, 6.07) is 7.61. The summed E-state index contributed by atoms with van der Waals surface area (Å²) in [5.74, 6) is 0.635. The predicted octanol–water partition coefficient (Wildman–Crippen LogP) is 2.24. The van der Waals surface area contributed by atoms with E-state index >= 15 is 0 Å². The molecule has 29 heavy (non-hydrogen) atoms. The Morgan fingerprint density at radius 2 is 1.69 bits per heavy atom. The molecule has 0 fully saturated rings. The first-order valence-electron chi connectivity index (χ1n) is 9.34. The lowest BCUT2D eigenvalue weighted by Crippen LogP contribution is -2.43. The van der Waals surface area contributed by atoms with E-state index in [0.717, 1.165) is 12.0 Å². The zero-order valence-electron chi connectivity index (χ0n) is 18.2. The Balaban J connectivity index is 0.00000784. The van der Waals surface area contributed by atoms with E-state index < -0.39 is 11.7 Å². The van der Waals surface area contributed by atoms with Gasteiger partial charge in [0.25, 0.3) is 5.91 Å². The second kappa shape index (κ2) is 13.2. The molecule has 0 saturated heterocycles. The summed E-state index contributed by atoms with van der Waals surface area (Å²) in [5, 5.41) is 9.03. The number of carbonyl (C=O) groups excluding carboxylic acids is 2. The summed E-state index contributed by atoms with van der Waals surface area (Å²) >= 11 is 0. The number of guanidine groups is 1. The number of alkyl carbamates (subject to hydrolysis) is 1. The molecular weight excluding hydrogens is 485 g/mol. The highest BCUT2D eigenvalue weighted by Gasteiger charge is 2.15. The number of nitrogens with zero attached hydrogens (tertiary/aromatic N) is 2. The van der Waals surface area contributed by atoms with Crippen molar-refractivity contribution in [3.05, 3.63) is 35.4 Å². The fraction of sp³-hybridized carbons (Fsp3) is 0.550. The second-order valence-electron chi connectivity index (χ2n) is 7.50. The normalized spacial score (nSPS) is 11.2. The molecule has 0 heterocycles. The van der Waals surface area contributed by atoms with Crippen molar-refractivity contribution in [2.24, 2.45) is 4.99 Å². The molecule has 1 aromatic carbocycles. The Kier molecular flexibility index (Phi) is 12.3. The Morgan fingerprint density at radius 3 is 2.28 bits per heavy atom. The monoisotopic (exact) mass is 519 g/mol. The van der Waals surface area contributed by atoms with Crippen LogP contribution in [-0.2, 0) is 11.2 Å². The molecule has 2 amide bonds. The number of aliphatic imine (C=N–C) groups is 1. The molecule has 0 spiro atoms. The van der Waals surface area contributed by atoms with Crippen LogP contribution in [0.5, 0.6) is 0 Å². The number of nitrogens with one attached hydrogen (secondary N) is 3. The quantitative estimate of drug-likeness (QED) is 0.222. The van der Waals surface area contributed by atoms with Gasteiger partial charge < -0.3 is 25.6 Å². The lowest BCUT2D eigenvalue weighted by Gasteiger charge is -2.20. The maximum atomic E-state index is 12.0. The van der Waals surface area contributed by atoms with E-state index in [0.29, 0.717) is 31.2 Å². The Hall–Kier alpha value is -2.04. The summed E-state index contributed by atoms with van der Waals surface area (Å²) in [7, 11) is 5.17. The van der Waals surface area contributed by atoms with Crippen molar-refractivity contribution in [2.45, 2.75) is 32.8 Å². The van der Waals surface area contributed by atoms with Gasteiger partial charge in [-0.25, -0.2) is 4.79 Å². The molecule has 3 N–H and O–H groups in total. The van der Waals surface area contributed by atoms with Gasteiger partial charge in [0.1, 0.15) is 5.60 Å². The smallest absolute Gasteiger partial charge is 0.407 e. The van der Waals surface area contributed by atoms with Crippen LogP contribution in [0.15, 0.2) is 29.3 Å². The zero-order valence-corrected chi connectivity index (χ0v) is 20.5. The minimum absolute atomic E-state index is 0. The van der Waals surface area contributed by atoms with Crippen LogP contribution in [0.2, 0.25) is 0 Å². The van der Waals surface area contributed by atoms with Gasteiger partial charge in [-0.1, -0.05) is 12.1 Å². The fourth-order valence-electron chi connectivity index (χ4n) is 2.32. The van der Waals surface area contributed by atoms with Gasteiger partial charge >= 0.3 is 6.09 Å². The van der Waals surface area contributed by atoms with Gasteiger partial charge in [0.05, 0.1) is 0 Å². The number of hydrogen-bond acceptors (Lipinski definition) is 4. The van der Waals surface area contributed by atoms with Gasteiger partial charge in [-0.2, -0.15) is 0 Å². The average Bonchev–Trinajstić information content (AvgIpc) is 2.61. The number of halogens is 1. The molecule has 0 aliphatic rings. The van der Waals surface area contributed by atoms with Gasteiger partial charge in [-0.15, -0.1) is 24.0 Å². The van der Waals surface area contributed by atoms with Gasteiger partial charge in [0.2, 0.25) is 0 Å². The van der Waals surface area contributed by atoms with Crippen LogP contribution < -0.4 is 16.0 Å². The zero-order chi connectivity index (χ0) is 21.2. The van der Waals surface area contributed by atoms with E-state index in [1.165, 1.54) is 0 Å². The minimum atomic E-state index is -0.510. The van der Waals surface area contributed by atoms with Crippen molar-refractivity contribution in [3.8, 4) is 0 Å². The molecule has 9 heteroatoms. The molecule has 1 aromatic rings. The Labute approximate surface area is 190 Å². The topological polar surface area (TPSA) is 95.1 Å². The highest BCUT2D eigenvalue weighted by Crippen LogP contribution is 2.08. The molecule has 0 bridgehead atoms. The van der Waals surface area contributed by atoms with Crippen molar-refractivity contribution in [1.82, 2.24) is 20.9 Å². The molecular formula is C20H34IN5O3. The van der Waals surface area contributed by atoms with Crippen LogP contribution in [0, 0.1) is 0 Å². The molecule has 0 saturated carbocycles. The summed E-state index contributed by atoms with van der Waals surface area (Å²) in [4.78, 5) is 29.3. The Morgan fingerprint density at radius 1 is 1.07 bits per heavy atom. The number of ether oxygens (including phenoxy) is 1. The standard InChI is InChI=1S/C20H33N5O3.HI/c1-20(2,3)28-19(27)24-13-12-23-18(21-4)22-11-10-15-8-7-9-16(14-15)17(26)25(5)6;/h7-9,14H,10-13H2,1-6H3,(H,24,27)(H2,21,22,23);1H. The van der Waals surface area contributed by atoms with Gasteiger partial charge in [-0.3, -0.25) is 9.79 Å². The van der Waals surface area contributed by atoms with Crippen LogP contribution in [0.25, 0.3) is 0 Å². The van der Waals surface area contributed by atoms with Crippen molar-refractivity contribution in [2.75, 3.05) is 40.8 Å². The largest absolute Gasteiger partial charge is 0.444 e. The van der Waals surface area contributed by atoms with Crippen LogP contribution in [0.1, 0.15) is 36.7 Å². The average molecular weight is 519 g/mol. The first-order chi connectivity index (χ1) is 13.1. The van der Waals surface area contributed by atoms with Gasteiger partial charge in [-0.05, 0) is 44.9 Å². The summed E-state index contributed by atoms with van der Waals surface area (Å²) in [5.41, 5.74) is 1.24. The number of carbonyl (C=O) groups is 2. The molecule has 0 radical (unpaired) electrons. The molecule has 164 valence electrons. The van der Waals surface area contributed by atoms with Crippen LogP contribution in [0.4, 0.5) is 4.79 Å². The third-order valence-corrected chi connectivity index (χ3v) is 3.60. The number of amides is 2. The van der Waals surface area contributed by atoms with E-state index in [2.05, 4.69) is 20.9 Å².